The highest BCUT2D eigenvalue weighted by atomic mass is 16.5. The van der Waals surface area contributed by atoms with E-state index in [1.165, 1.54) is 0 Å². The summed E-state index contributed by atoms with van der Waals surface area (Å²) in [5.41, 5.74) is 1.03. The van der Waals surface area contributed by atoms with Crippen molar-refractivity contribution in [2.45, 2.75) is 51.9 Å². The van der Waals surface area contributed by atoms with E-state index < -0.39 is 0 Å². The predicted molar refractivity (Wildman–Crippen MR) is 79.5 cm³/mol. The van der Waals surface area contributed by atoms with Crippen molar-refractivity contribution in [3.8, 4) is 5.75 Å². The van der Waals surface area contributed by atoms with Crippen molar-refractivity contribution in [2.24, 2.45) is 0 Å². The summed E-state index contributed by atoms with van der Waals surface area (Å²) < 4.78 is 5.45. The van der Waals surface area contributed by atoms with Gasteiger partial charge in [0, 0.05) is 11.6 Å². The fourth-order valence-electron chi connectivity index (χ4n) is 2.74. The number of ether oxygens (including phenoxy) is 1. The molecule has 1 saturated heterocycles. The third-order valence-corrected chi connectivity index (χ3v) is 4.10. The maximum atomic E-state index is 12.5. The SMILES string of the molecule is CCC1NC(c2ccccc2OC)N(C(C)CC)C1=O. The largest absolute Gasteiger partial charge is 0.496 e. The summed E-state index contributed by atoms with van der Waals surface area (Å²) >= 11 is 0. The Morgan fingerprint density at radius 1 is 1.35 bits per heavy atom. The monoisotopic (exact) mass is 276 g/mol. The van der Waals surface area contributed by atoms with Gasteiger partial charge < -0.3 is 9.64 Å². The van der Waals surface area contributed by atoms with Crippen LogP contribution in [0.25, 0.3) is 0 Å². The first-order valence-electron chi connectivity index (χ1n) is 7.35. The lowest BCUT2D eigenvalue weighted by Crippen LogP contribution is -2.38. The molecular formula is C16H24N2O2. The summed E-state index contributed by atoms with van der Waals surface area (Å²) in [7, 11) is 1.67. The molecule has 2 rings (SSSR count). The Morgan fingerprint density at radius 2 is 2.05 bits per heavy atom. The Balaban J connectivity index is 2.39. The van der Waals surface area contributed by atoms with Crippen LogP contribution in [0.1, 0.15) is 45.3 Å². The number of methoxy groups -OCH3 is 1. The molecule has 1 heterocycles. The number of amides is 1. The molecule has 4 nitrogen and oxygen atoms in total. The van der Waals surface area contributed by atoms with E-state index in [4.69, 9.17) is 4.74 Å². The van der Waals surface area contributed by atoms with Gasteiger partial charge in [-0.25, -0.2) is 0 Å². The molecule has 0 radical (unpaired) electrons. The Morgan fingerprint density at radius 3 is 2.65 bits per heavy atom. The number of carbonyl (C=O) groups excluding carboxylic acids is 1. The molecule has 0 bridgehead atoms. The minimum absolute atomic E-state index is 0.0982. The van der Waals surface area contributed by atoms with Crippen LogP contribution < -0.4 is 10.1 Å². The average molecular weight is 276 g/mol. The quantitative estimate of drug-likeness (QED) is 0.899. The van der Waals surface area contributed by atoms with E-state index in [1.807, 2.05) is 36.1 Å². The Kier molecular flexibility index (Phi) is 4.65. The van der Waals surface area contributed by atoms with Crippen molar-refractivity contribution in [1.29, 1.82) is 0 Å². The molecule has 110 valence electrons. The second-order valence-corrected chi connectivity index (χ2v) is 5.27. The zero-order chi connectivity index (χ0) is 14.7. The smallest absolute Gasteiger partial charge is 0.241 e. The van der Waals surface area contributed by atoms with Crippen LogP contribution >= 0.6 is 0 Å². The molecule has 1 N–H and O–H groups in total. The first-order chi connectivity index (χ1) is 9.63. The van der Waals surface area contributed by atoms with Crippen LogP contribution in [0.4, 0.5) is 0 Å². The van der Waals surface area contributed by atoms with E-state index in [-0.39, 0.29) is 24.2 Å². The summed E-state index contributed by atoms with van der Waals surface area (Å²) in [6.45, 7) is 6.24. The van der Waals surface area contributed by atoms with Gasteiger partial charge in [-0.2, -0.15) is 0 Å². The number of carbonyl (C=O) groups is 1. The Bertz CT molecular complexity index is 475. The lowest BCUT2D eigenvalue weighted by atomic mass is 10.1. The van der Waals surface area contributed by atoms with Gasteiger partial charge in [0.15, 0.2) is 0 Å². The van der Waals surface area contributed by atoms with E-state index in [0.717, 1.165) is 24.2 Å². The van der Waals surface area contributed by atoms with Crippen molar-refractivity contribution >= 4 is 5.91 Å². The second-order valence-electron chi connectivity index (χ2n) is 5.27. The zero-order valence-corrected chi connectivity index (χ0v) is 12.7. The maximum absolute atomic E-state index is 12.5. The first-order valence-corrected chi connectivity index (χ1v) is 7.35. The van der Waals surface area contributed by atoms with Crippen LogP contribution in [0.3, 0.4) is 0 Å². The van der Waals surface area contributed by atoms with E-state index in [2.05, 4.69) is 19.2 Å². The lowest BCUT2D eigenvalue weighted by Gasteiger charge is -2.30. The normalized spacial score (nSPS) is 24.0. The minimum Gasteiger partial charge on any atom is -0.496 e. The van der Waals surface area contributed by atoms with E-state index in [0.29, 0.717) is 0 Å². The van der Waals surface area contributed by atoms with Gasteiger partial charge in [0.05, 0.1) is 13.2 Å². The number of nitrogens with zero attached hydrogens (tertiary/aromatic N) is 1. The molecular weight excluding hydrogens is 252 g/mol. The highest BCUT2D eigenvalue weighted by molar-refractivity contribution is 5.85. The highest BCUT2D eigenvalue weighted by Crippen LogP contribution is 2.34. The zero-order valence-electron chi connectivity index (χ0n) is 12.7. The molecule has 1 aromatic carbocycles. The van der Waals surface area contributed by atoms with Gasteiger partial charge in [-0.15, -0.1) is 0 Å². The molecule has 3 atom stereocenters. The molecule has 0 aliphatic carbocycles. The van der Waals surface area contributed by atoms with Crippen molar-refractivity contribution in [3.05, 3.63) is 29.8 Å². The third-order valence-electron chi connectivity index (χ3n) is 4.10. The topological polar surface area (TPSA) is 41.6 Å². The van der Waals surface area contributed by atoms with Gasteiger partial charge in [-0.05, 0) is 25.8 Å². The lowest BCUT2D eigenvalue weighted by molar-refractivity contribution is -0.132. The second kappa shape index (κ2) is 6.27. The summed E-state index contributed by atoms with van der Waals surface area (Å²) in [5.74, 6) is 1.01. The highest BCUT2D eigenvalue weighted by Gasteiger charge is 2.41. The molecule has 1 aliphatic heterocycles. The number of hydrogen-bond acceptors (Lipinski definition) is 3. The minimum atomic E-state index is -0.0986. The maximum Gasteiger partial charge on any atom is 0.241 e. The summed E-state index contributed by atoms with van der Waals surface area (Å²) in [4.78, 5) is 14.5. The van der Waals surface area contributed by atoms with Gasteiger partial charge in [0.2, 0.25) is 5.91 Å². The van der Waals surface area contributed by atoms with Gasteiger partial charge >= 0.3 is 0 Å². The number of rotatable bonds is 5. The van der Waals surface area contributed by atoms with Crippen LogP contribution in [0.15, 0.2) is 24.3 Å². The van der Waals surface area contributed by atoms with Crippen molar-refractivity contribution in [2.75, 3.05) is 7.11 Å². The van der Waals surface area contributed by atoms with Crippen LogP contribution in [-0.4, -0.2) is 30.0 Å². The van der Waals surface area contributed by atoms with Gasteiger partial charge in [0.1, 0.15) is 11.9 Å². The average Bonchev–Trinajstić information content (AvgIpc) is 2.83. The molecule has 1 fully saturated rings. The van der Waals surface area contributed by atoms with E-state index in [1.54, 1.807) is 7.11 Å². The van der Waals surface area contributed by atoms with Crippen molar-refractivity contribution in [1.82, 2.24) is 10.2 Å². The van der Waals surface area contributed by atoms with Crippen LogP contribution in [-0.2, 0) is 4.79 Å². The van der Waals surface area contributed by atoms with Crippen LogP contribution in [0, 0.1) is 0 Å². The van der Waals surface area contributed by atoms with Crippen LogP contribution in [0.5, 0.6) is 5.75 Å². The van der Waals surface area contributed by atoms with Crippen molar-refractivity contribution in [3.63, 3.8) is 0 Å². The standard InChI is InChI=1S/C16H24N2O2/c1-5-11(3)18-15(17-13(6-2)16(18)19)12-9-7-8-10-14(12)20-4/h7-11,13,15,17H,5-6H2,1-4H3. The van der Waals surface area contributed by atoms with Gasteiger partial charge in [-0.3, -0.25) is 10.1 Å². The van der Waals surface area contributed by atoms with E-state index in [9.17, 15) is 4.79 Å². The molecule has 3 unspecified atom stereocenters. The molecule has 1 amide bonds. The number of para-hydroxylation sites is 1. The first kappa shape index (κ1) is 14.9. The molecule has 0 spiro atoms. The van der Waals surface area contributed by atoms with Crippen LogP contribution in [0.2, 0.25) is 0 Å². The number of hydrogen-bond donors (Lipinski definition) is 1. The number of nitrogens with one attached hydrogen (secondary N) is 1. The fourth-order valence-corrected chi connectivity index (χ4v) is 2.74. The Hall–Kier alpha value is -1.55. The predicted octanol–water partition coefficient (Wildman–Crippen LogP) is 2.70. The summed E-state index contributed by atoms with van der Waals surface area (Å²) in [6, 6.07) is 8.01. The van der Waals surface area contributed by atoms with E-state index >= 15 is 0 Å². The summed E-state index contributed by atoms with van der Waals surface area (Å²) in [5, 5.41) is 3.44. The third kappa shape index (κ3) is 2.52. The molecule has 20 heavy (non-hydrogen) atoms. The van der Waals surface area contributed by atoms with Gasteiger partial charge in [-0.1, -0.05) is 32.0 Å². The van der Waals surface area contributed by atoms with Gasteiger partial charge in [0.25, 0.3) is 0 Å². The number of benzene rings is 1. The fraction of sp³-hybridized carbons (Fsp3) is 0.562. The molecule has 0 aromatic heterocycles. The Labute approximate surface area is 121 Å². The molecule has 1 aliphatic rings. The van der Waals surface area contributed by atoms with Crippen molar-refractivity contribution < 1.29 is 9.53 Å². The summed E-state index contributed by atoms with van der Waals surface area (Å²) in [6.07, 6.45) is 1.64. The molecule has 0 saturated carbocycles. The molecule has 1 aromatic rings. The molecule has 4 heteroatoms.